The van der Waals surface area contributed by atoms with E-state index in [9.17, 15) is 4.79 Å². The fourth-order valence-electron chi connectivity index (χ4n) is 2.40. The number of carbonyl (C=O) groups is 1. The molecule has 2 aromatic rings. The highest BCUT2D eigenvalue weighted by Crippen LogP contribution is 2.21. The summed E-state index contributed by atoms with van der Waals surface area (Å²) in [6, 6.07) is 9.80. The van der Waals surface area contributed by atoms with Crippen molar-refractivity contribution in [1.29, 1.82) is 0 Å². The highest BCUT2D eigenvalue weighted by atomic mass is 127. The van der Waals surface area contributed by atoms with Gasteiger partial charge in [-0.2, -0.15) is 0 Å². The zero-order valence-corrected chi connectivity index (χ0v) is 15.3. The molecule has 0 atom stereocenters. The van der Waals surface area contributed by atoms with Crippen LogP contribution in [0.15, 0.2) is 36.5 Å². The first kappa shape index (κ1) is 16.9. The first-order valence-electron chi connectivity index (χ1n) is 7.37. The second-order valence-electron chi connectivity index (χ2n) is 4.96. The molecule has 118 valence electrons. The second kappa shape index (κ2) is 7.67. The first-order chi connectivity index (χ1) is 10.6. The molecule has 0 spiro atoms. The Balaban J connectivity index is 2.29. The van der Waals surface area contributed by atoms with Gasteiger partial charge in [0.05, 0.1) is 7.11 Å². The van der Waals surface area contributed by atoms with Crippen molar-refractivity contribution < 1.29 is 9.53 Å². The van der Waals surface area contributed by atoms with E-state index in [1.54, 1.807) is 7.11 Å². The maximum absolute atomic E-state index is 12.6. The summed E-state index contributed by atoms with van der Waals surface area (Å²) in [5.74, 6) is 0.909. The lowest BCUT2D eigenvalue weighted by atomic mass is 10.2. The van der Waals surface area contributed by atoms with Crippen LogP contribution in [-0.4, -0.2) is 35.6 Å². The highest BCUT2D eigenvalue weighted by molar-refractivity contribution is 14.1. The van der Waals surface area contributed by atoms with Crippen molar-refractivity contribution in [2.24, 2.45) is 0 Å². The van der Waals surface area contributed by atoms with Gasteiger partial charge in [-0.05, 0) is 72.3 Å². The van der Waals surface area contributed by atoms with Gasteiger partial charge in [0, 0.05) is 29.4 Å². The fourth-order valence-corrected chi connectivity index (χ4v) is 2.91. The number of hydrogen-bond acceptors (Lipinski definition) is 2. The van der Waals surface area contributed by atoms with Crippen molar-refractivity contribution in [2.45, 2.75) is 20.4 Å². The van der Waals surface area contributed by atoms with E-state index in [0.29, 0.717) is 6.54 Å². The standard InChI is InChI=1S/C17H21IN2O2/c1-4-19(5-2)17(21)16-7-6-10-20(16)12-13-11-14(22-3)8-9-15(13)18/h6-11H,4-5,12H2,1-3H3. The van der Waals surface area contributed by atoms with Gasteiger partial charge in [0.2, 0.25) is 0 Å². The Morgan fingerprint density at radius 2 is 2.00 bits per heavy atom. The minimum atomic E-state index is 0.0768. The first-order valence-corrected chi connectivity index (χ1v) is 8.45. The molecule has 0 saturated heterocycles. The number of aromatic nitrogens is 1. The molecule has 0 N–H and O–H groups in total. The van der Waals surface area contributed by atoms with Crippen LogP contribution in [0.25, 0.3) is 0 Å². The van der Waals surface area contributed by atoms with E-state index in [-0.39, 0.29) is 5.91 Å². The third-order valence-electron chi connectivity index (χ3n) is 3.69. The van der Waals surface area contributed by atoms with Crippen molar-refractivity contribution in [1.82, 2.24) is 9.47 Å². The van der Waals surface area contributed by atoms with Gasteiger partial charge >= 0.3 is 0 Å². The number of methoxy groups -OCH3 is 1. The summed E-state index contributed by atoms with van der Waals surface area (Å²) in [6.07, 6.45) is 1.95. The van der Waals surface area contributed by atoms with E-state index in [0.717, 1.165) is 33.7 Å². The van der Waals surface area contributed by atoms with E-state index in [2.05, 4.69) is 22.6 Å². The molecule has 0 aliphatic carbocycles. The van der Waals surface area contributed by atoms with Crippen LogP contribution in [0.1, 0.15) is 29.9 Å². The lowest BCUT2D eigenvalue weighted by Crippen LogP contribution is -2.32. The molecule has 0 aliphatic rings. The molecule has 1 heterocycles. The maximum atomic E-state index is 12.6. The van der Waals surface area contributed by atoms with Crippen molar-refractivity contribution in [3.8, 4) is 5.75 Å². The zero-order chi connectivity index (χ0) is 16.1. The number of benzene rings is 1. The Morgan fingerprint density at radius 3 is 2.64 bits per heavy atom. The fraction of sp³-hybridized carbons (Fsp3) is 0.353. The van der Waals surface area contributed by atoms with Gasteiger partial charge in [0.25, 0.3) is 5.91 Å². The topological polar surface area (TPSA) is 34.5 Å². The molecule has 1 amide bonds. The normalized spacial score (nSPS) is 10.5. The lowest BCUT2D eigenvalue weighted by molar-refractivity contribution is 0.0762. The monoisotopic (exact) mass is 412 g/mol. The Labute approximate surface area is 145 Å². The van der Waals surface area contributed by atoms with E-state index in [4.69, 9.17) is 4.74 Å². The van der Waals surface area contributed by atoms with Gasteiger partial charge in [0.1, 0.15) is 11.4 Å². The number of halogens is 1. The van der Waals surface area contributed by atoms with E-state index < -0.39 is 0 Å². The minimum absolute atomic E-state index is 0.0768. The van der Waals surface area contributed by atoms with Crippen LogP contribution >= 0.6 is 22.6 Å². The molecule has 2 rings (SSSR count). The summed E-state index contributed by atoms with van der Waals surface area (Å²) in [6.45, 7) is 6.10. The van der Waals surface area contributed by atoms with Gasteiger partial charge in [-0.1, -0.05) is 0 Å². The van der Waals surface area contributed by atoms with Gasteiger partial charge in [0.15, 0.2) is 0 Å². The number of amides is 1. The van der Waals surface area contributed by atoms with Crippen molar-refractivity contribution in [3.05, 3.63) is 51.4 Å². The molecule has 1 aromatic heterocycles. The predicted octanol–water partition coefficient (Wildman–Crippen LogP) is 3.63. The molecule has 1 aromatic carbocycles. The molecule has 0 fully saturated rings. The second-order valence-corrected chi connectivity index (χ2v) is 6.12. The van der Waals surface area contributed by atoms with Crippen LogP contribution in [0.3, 0.4) is 0 Å². The molecule has 22 heavy (non-hydrogen) atoms. The number of ether oxygens (including phenoxy) is 1. The maximum Gasteiger partial charge on any atom is 0.270 e. The lowest BCUT2D eigenvalue weighted by Gasteiger charge is -2.20. The molecule has 4 nitrogen and oxygen atoms in total. The van der Waals surface area contributed by atoms with Gasteiger partial charge < -0.3 is 14.2 Å². The van der Waals surface area contributed by atoms with Crippen LogP contribution in [0.2, 0.25) is 0 Å². The average Bonchev–Trinajstić information content (AvgIpc) is 2.98. The molecular formula is C17H21IN2O2. The number of hydrogen-bond donors (Lipinski definition) is 0. The molecule has 0 unspecified atom stereocenters. The summed E-state index contributed by atoms with van der Waals surface area (Å²) in [5.41, 5.74) is 1.87. The van der Waals surface area contributed by atoms with Crippen molar-refractivity contribution in [2.75, 3.05) is 20.2 Å². The van der Waals surface area contributed by atoms with Crippen molar-refractivity contribution >= 4 is 28.5 Å². The van der Waals surface area contributed by atoms with Crippen LogP contribution in [0, 0.1) is 3.57 Å². The smallest absolute Gasteiger partial charge is 0.270 e. The zero-order valence-electron chi connectivity index (χ0n) is 13.2. The molecule has 0 saturated carbocycles. The summed E-state index contributed by atoms with van der Waals surface area (Å²) in [7, 11) is 1.66. The molecule has 0 aliphatic heterocycles. The summed E-state index contributed by atoms with van der Waals surface area (Å²) in [5, 5.41) is 0. The van der Waals surface area contributed by atoms with E-state index >= 15 is 0 Å². The van der Waals surface area contributed by atoms with Gasteiger partial charge in [-0.15, -0.1) is 0 Å². The Bertz CT molecular complexity index is 648. The summed E-state index contributed by atoms with van der Waals surface area (Å²) < 4.78 is 8.45. The van der Waals surface area contributed by atoms with Crippen LogP contribution in [0.4, 0.5) is 0 Å². The van der Waals surface area contributed by atoms with Crippen LogP contribution in [0.5, 0.6) is 5.75 Å². The van der Waals surface area contributed by atoms with Crippen LogP contribution < -0.4 is 4.74 Å². The molecule has 0 radical (unpaired) electrons. The number of carbonyl (C=O) groups excluding carboxylic acids is 1. The Morgan fingerprint density at radius 1 is 1.27 bits per heavy atom. The quantitative estimate of drug-likeness (QED) is 0.680. The largest absolute Gasteiger partial charge is 0.497 e. The molecule has 0 bridgehead atoms. The van der Waals surface area contributed by atoms with E-state index in [1.807, 2.05) is 59.8 Å². The molecular weight excluding hydrogens is 391 g/mol. The Hall–Kier alpha value is -1.50. The predicted molar refractivity (Wildman–Crippen MR) is 96.5 cm³/mol. The number of nitrogens with zero attached hydrogens (tertiary/aromatic N) is 2. The summed E-state index contributed by atoms with van der Waals surface area (Å²) in [4.78, 5) is 14.4. The van der Waals surface area contributed by atoms with E-state index in [1.165, 1.54) is 0 Å². The summed E-state index contributed by atoms with van der Waals surface area (Å²) >= 11 is 2.31. The number of rotatable bonds is 6. The van der Waals surface area contributed by atoms with Gasteiger partial charge in [-0.25, -0.2) is 0 Å². The third-order valence-corrected chi connectivity index (χ3v) is 4.75. The Kier molecular flexibility index (Phi) is 5.88. The third kappa shape index (κ3) is 3.63. The average molecular weight is 412 g/mol. The minimum Gasteiger partial charge on any atom is -0.497 e. The van der Waals surface area contributed by atoms with Gasteiger partial charge in [-0.3, -0.25) is 4.79 Å². The van der Waals surface area contributed by atoms with Crippen LogP contribution in [-0.2, 0) is 6.54 Å². The SMILES string of the molecule is CCN(CC)C(=O)c1cccn1Cc1cc(OC)ccc1I. The van der Waals surface area contributed by atoms with Crippen molar-refractivity contribution in [3.63, 3.8) is 0 Å². The molecule has 5 heteroatoms. The highest BCUT2D eigenvalue weighted by Gasteiger charge is 2.16.